The summed E-state index contributed by atoms with van der Waals surface area (Å²) in [5, 5.41) is 11.5. The van der Waals surface area contributed by atoms with Crippen molar-refractivity contribution in [1.82, 2.24) is 0 Å². The molecule has 2 N–H and O–H groups in total. The van der Waals surface area contributed by atoms with Gasteiger partial charge >= 0.3 is 5.97 Å². The quantitative estimate of drug-likeness (QED) is 0.496. The number of para-hydroxylation sites is 1. The Balaban J connectivity index is 1.49. The third-order valence-electron chi connectivity index (χ3n) is 5.80. The molecule has 2 amide bonds. The summed E-state index contributed by atoms with van der Waals surface area (Å²) in [5.41, 5.74) is 4.07. The number of carboxylic acids is 1. The number of aliphatic carboxylic acids is 1. The second-order valence-corrected chi connectivity index (χ2v) is 8.33. The number of fused-ring (bicyclic) bond motifs is 1. The SMILES string of the molecule is CC(=O)Nc1ccc(C(=O)N2CCc3cccc(COc4ccc(CCC(=O)O)c(F)c4)c32)cc1. The minimum absolute atomic E-state index is 0.108. The van der Waals surface area contributed by atoms with Gasteiger partial charge in [-0.3, -0.25) is 14.4 Å². The molecule has 0 saturated carbocycles. The third-order valence-corrected chi connectivity index (χ3v) is 5.80. The highest BCUT2D eigenvalue weighted by Gasteiger charge is 2.28. The molecule has 3 aromatic carbocycles. The average Bonchev–Trinajstić information content (AvgIpc) is 3.26. The number of aryl methyl sites for hydroxylation is 1. The van der Waals surface area contributed by atoms with E-state index in [2.05, 4.69) is 5.32 Å². The van der Waals surface area contributed by atoms with Crippen LogP contribution in [0.15, 0.2) is 60.7 Å². The number of ether oxygens (including phenoxy) is 1. The first-order chi connectivity index (χ1) is 16.8. The second-order valence-electron chi connectivity index (χ2n) is 8.33. The number of benzene rings is 3. The molecule has 1 aliphatic heterocycles. The van der Waals surface area contributed by atoms with Crippen molar-refractivity contribution >= 4 is 29.2 Å². The van der Waals surface area contributed by atoms with Crippen LogP contribution in [-0.4, -0.2) is 29.4 Å². The van der Waals surface area contributed by atoms with E-state index >= 15 is 0 Å². The number of rotatable bonds is 8. The van der Waals surface area contributed by atoms with Crippen molar-refractivity contribution in [3.8, 4) is 5.75 Å². The Bertz CT molecular complexity index is 1270. The van der Waals surface area contributed by atoms with Gasteiger partial charge in [-0.15, -0.1) is 0 Å². The highest BCUT2D eigenvalue weighted by atomic mass is 19.1. The van der Waals surface area contributed by atoms with Crippen LogP contribution >= 0.6 is 0 Å². The minimum atomic E-state index is -0.981. The van der Waals surface area contributed by atoms with E-state index in [1.54, 1.807) is 35.2 Å². The van der Waals surface area contributed by atoms with E-state index in [1.165, 1.54) is 19.1 Å². The van der Waals surface area contributed by atoms with Crippen molar-refractivity contribution in [1.29, 1.82) is 0 Å². The Labute approximate surface area is 202 Å². The van der Waals surface area contributed by atoms with Gasteiger partial charge < -0.3 is 20.1 Å². The van der Waals surface area contributed by atoms with E-state index in [0.717, 1.165) is 16.8 Å². The van der Waals surface area contributed by atoms with Gasteiger partial charge in [0.05, 0.1) is 5.69 Å². The minimum Gasteiger partial charge on any atom is -0.489 e. The van der Waals surface area contributed by atoms with Gasteiger partial charge in [0.1, 0.15) is 18.2 Å². The molecule has 0 spiro atoms. The van der Waals surface area contributed by atoms with Crippen molar-refractivity contribution in [3.05, 3.63) is 88.7 Å². The molecule has 7 nitrogen and oxygen atoms in total. The fourth-order valence-electron chi connectivity index (χ4n) is 4.14. The number of hydrogen-bond donors (Lipinski definition) is 2. The number of amides is 2. The van der Waals surface area contributed by atoms with Crippen LogP contribution in [0.2, 0.25) is 0 Å². The van der Waals surface area contributed by atoms with Gasteiger partial charge in [0.15, 0.2) is 0 Å². The molecule has 35 heavy (non-hydrogen) atoms. The zero-order valence-corrected chi connectivity index (χ0v) is 19.2. The van der Waals surface area contributed by atoms with Crippen molar-refractivity contribution in [2.75, 3.05) is 16.8 Å². The predicted molar refractivity (Wildman–Crippen MR) is 129 cm³/mol. The van der Waals surface area contributed by atoms with E-state index in [1.807, 2.05) is 18.2 Å². The number of halogens is 1. The number of carbonyl (C=O) groups excluding carboxylic acids is 2. The molecule has 4 rings (SSSR count). The van der Waals surface area contributed by atoms with E-state index in [0.29, 0.717) is 35.5 Å². The molecule has 8 heteroatoms. The van der Waals surface area contributed by atoms with Gasteiger partial charge in [0.25, 0.3) is 5.91 Å². The van der Waals surface area contributed by atoms with Gasteiger partial charge in [0, 0.05) is 42.8 Å². The first-order valence-corrected chi connectivity index (χ1v) is 11.2. The van der Waals surface area contributed by atoms with Crippen molar-refractivity contribution in [2.24, 2.45) is 0 Å². The topological polar surface area (TPSA) is 95.9 Å². The molecule has 3 aromatic rings. The van der Waals surface area contributed by atoms with E-state index < -0.39 is 11.8 Å². The summed E-state index contributed by atoms with van der Waals surface area (Å²) in [7, 11) is 0. The fourth-order valence-corrected chi connectivity index (χ4v) is 4.14. The molecular formula is C27H25FN2O5. The summed E-state index contributed by atoms with van der Waals surface area (Å²) in [5.74, 6) is -1.51. The average molecular weight is 477 g/mol. The Morgan fingerprint density at radius 1 is 1.06 bits per heavy atom. The number of carboxylic acid groups (broad SMARTS) is 1. The smallest absolute Gasteiger partial charge is 0.303 e. The highest BCUT2D eigenvalue weighted by molar-refractivity contribution is 6.08. The maximum Gasteiger partial charge on any atom is 0.303 e. The van der Waals surface area contributed by atoms with Gasteiger partial charge in [-0.1, -0.05) is 24.3 Å². The molecule has 0 aliphatic carbocycles. The first-order valence-electron chi connectivity index (χ1n) is 11.2. The molecule has 0 unspecified atom stereocenters. The standard InChI is InChI=1S/C27H25FN2O5/c1-17(31)29-22-9-5-20(6-10-22)27(34)30-14-13-19-3-2-4-21(26(19)30)16-35-23-11-7-18(24(28)15-23)8-12-25(32)33/h2-7,9-11,15H,8,12-14,16H2,1H3,(H,29,31)(H,32,33). The summed E-state index contributed by atoms with van der Waals surface area (Å²) >= 11 is 0. The summed E-state index contributed by atoms with van der Waals surface area (Å²) in [6.07, 6.45) is 0.676. The lowest BCUT2D eigenvalue weighted by atomic mass is 10.1. The maximum atomic E-state index is 14.4. The molecule has 0 aromatic heterocycles. The molecule has 0 radical (unpaired) electrons. The lowest BCUT2D eigenvalue weighted by Gasteiger charge is -2.21. The zero-order chi connectivity index (χ0) is 24.9. The zero-order valence-electron chi connectivity index (χ0n) is 19.2. The van der Waals surface area contributed by atoms with Crippen LogP contribution in [0.25, 0.3) is 0 Å². The number of hydrogen-bond acceptors (Lipinski definition) is 4. The normalized spacial score (nSPS) is 12.2. The fraction of sp³-hybridized carbons (Fsp3) is 0.222. The van der Waals surface area contributed by atoms with E-state index in [9.17, 15) is 18.8 Å². The molecule has 0 saturated heterocycles. The summed E-state index contributed by atoms with van der Waals surface area (Å²) < 4.78 is 20.2. The highest BCUT2D eigenvalue weighted by Crippen LogP contribution is 2.34. The molecule has 0 atom stereocenters. The van der Waals surface area contributed by atoms with Gasteiger partial charge in [-0.05, 0) is 54.3 Å². The Morgan fingerprint density at radius 3 is 2.51 bits per heavy atom. The largest absolute Gasteiger partial charge is 0.489 e. The maximum absolute atomic E-state index is 14.4. The monoisotopic (exact) mass is 476 g/mol. The van der Waals surface area contributed by atoms with Gasteiger partial charge in [-0.2, -0.15) is 0 Å². The number of nitrogens with one attached hydrogen (secondary N) is 1. The third kappa shape index (κ3) is 5.66. The molecular weight excluding hydrogens is 451 g/mol. The van der Waals surface area contributed by atoms with Crippen LogP contribution in [0.1, 0.15) is 40.4 Å². The van der Waals surface area contributed by atoms with Crippen LogP contribution in [0, 0.1) is 5.82 Å². The number of carbonyl (C=O) groups is 3. The van der Waals surface area contributed by atoms with E-state index in [-0.39, 0.29) is 31.3 Å². The van der Waals surface area contributed by atoms with E-state index in [4.69, 9.17) is 9.84 Å². The molecule has 180 valence electrons. The van der Waals surface area contributed by atoms with Crippen LogP contribution in [0.4, 0.5) is 15.8 Å². The van der Waals surface area contributed by atoms with Crippen molar-refractivity contribution in [2.45, 2.75) is 32.8 Å². The van der Waals surface area contributed by atoms with Gasteiger partial charge in [-0.25, -0.2) is 4.39 Å². The number of anilines is 2. The van der Waals surface area contributed by atoms with Crippen molar-refractivity contribution < 1.29 is 28.6 Å². The molecule has 0 bridgehead atoms. The first kappa shape index (κ1) is 23.9. The Hall–Kier alpha value is -4.20. The lowest BCUT2D eigenvalue weighted by Crippen LogP contribution is -2.29. The molecule has 0 fully saturated rings. The lowest BCUT2D eigenvalue weighted by molar-refractivity contribution is -0.137. The van der Waals surface area contributed by atoms with Crippen LogP contribution < -0.4 is 15.0 Å². The number of nitrogens with zero attached hydrogens (tertiary/aromatic N) is 1. The second kappa shape index (κ2) is 10.4. The Morgan fingerprint density at radius 2 is 1.83 bits per heavy atom. The molecule has 1 heterocycles. The summed E-state index contributed by atoms with van der Waals surface area (Å²) in [6.45, 7) is 2.10. The predicted octanol–water partition coefficient (Wildman–Crippen LogP) is 4.58. The summed E-state index contributed by atoms with van der Waals surface area (Å²) in [4.78, 5) is 36.9. The van der Waals surface area contributed by atoms with Crippen LogP contribution in [0.5, 0.6) is 5.75 Å². The van der Waals surface area contributed by atoms with Gasteiger partial charge in [0.2, 0.25) is 5.91 Å². The van der Waals surface area contributed by atoms with Crippen LogP contribution in [0.3, 0.4) is 0 Å². The van der Waals surface area contributed by atoms with Crippen molar-refractivity contribution in [3.63, 3.8) is 0 Å². The van der Waals surface area contributed by atoms with Crippen LogP contribution in [-0.2, 0) is 29.0 Å². The summed E-state index contributed by atoms with van der Waals surface area (Å²) in [6, 6.07) is 16.9. The molecule has 1 aliphatic rings. The Kier molecular flexibility index (Phi) is 7.10.